The normalized spacial score (nSPS) is 12.1. The third kappa shape index (κ3) is 4.61. The topological polar surface area (TPSA) is 21.3 Å². The summed E-state index contributed by atoms with van der Waals surface area (Å²) in [5.74, 6) is 0.958. The number of benzene rings is 2. The second-order valence-electron chi connectivity index (χ2n) is 5.46. The smallest absolute Gasteiger partial charge is 0.119 e. The molecule has 0 aliphatic heterocycles. The Morgan fingerprint density at radius 2 is 1.90 bits per heavy atom. The minimum absolute atomic E-state index is 0.339. The lowest BCUT2D eigenvalue weighted by atomic mass is 10.0. The van der Waals surface area contributed by atoms with Crippen LogP contribution in [-0.4, -0.2) is 6.61 Å². The van der Waals surface area contributed by atoms with E-state index in [1.54, 1.807) is 0 Å². The SMILES string of the molecule is CCCOc1cccc(CN[C@@H](C)c2ccccc2C)c1. The zero-order valence-electron chi connectivity index (χ0n) is 13.2. The zero-order valence-corrected chi connectivity index (χ0v) is 13.2. The molecule has 2 aromatic rings. The van der Waals surface area contributed by atoms with Gasteiger partial charge < -0.3 is 10.1 Å². The summed E-state index contributed by atoms with van der Waals surface area (Å²) in [6.45, 7) is 8.11. The molecule has 0 aliphatic rings. The van der Waals surface area contributed by atoms with Gasteiger partial charge in [-0.15, -0.1) is 0 Å². The van der Waals surface area contributed by atoms with Crippen LogP contribution >= 0.6 is 0 Å². The van der Waals surface area contributed by atoms with Crippen LogP contribution in [0.4, 0.5) is 0 Å². The Hall–Kier alpha value is -1.80. The maximum absolute atomic E-state index is 5.68. The van der Waals surface area contributed by atoms with Crippen molar-refractivity contribution in [2.75, 3.05) is 6.61 Å². The lowest BCUT2D eigenvalue weighted by Gasteiger charge is -2.17. The maximum atomic E-state index is 5.68. The van der Waals surface area contributed by atoms with E-state index in [0.717, 1.165) is 25.3 Å². The van der Waals surface area contributed by atoms with Crippen molar-refractivity contribution in [2.24, 2.45) is 0 Å². The summed E-state index contributed by atoms with van der Waals surface area (Å²) < 4.78 is 5.68. The van der Waals surface area contributed by atoms with Crippen LogP contribution in [0.5, 0.6) is 5.75 Å². The highest BCUT2D eigenvalue weighted by molar-refractivity contribution is 5.30. The average Bonchev–Trinajstić information content (AvgIpc) is 2.51. The Bertz CT molecular complexity index is 565. The van der Waals surface area contributed by atoms with Crippen LogP contribution in [0.2, 0.25) is 0 Å². The second kappa shape index (κ2) is 7.84. The number of hydrogen-bond donors (Lipinski definition) is 1. The Balaban J connectivity index is 1.95. The molecule has 1 N–H and O–H groups in total. The van der Waals surface area contributed by atoms with Gasteiger partial charge in [0.15, 0.2) is 0 Å². The van der Waals surface area contributed by atoms with E-state index >= 15 is 0 Å². The molecule has 0 amide bonds. The Morgan fingerprint density at radius 1 is 1.10 bits per heavy atom. The van der Waals surface area contributed by atoms with E-state index in [2.05, 4.69) is 68.6 Å². The van der Waals surface area contributed by atoms with Crippen LogP contribution in [0.25, 0.3) is 0 Å². The van der Waals surface area contributed by atoms with Crippen molar-refractivity contribution >= 4 is 0 Å². The molecule has 0 unspecified atom stereocenters. The molecule has 0 radical (unpaired) electrons. The summed E-state index contributed by atoms with van der Waals surface area (Å²) in [6, 6.07) is 17.2. The number of nitrogens with one attached hydrogen (secondary N) is 1. The minimum atomic E-state index is 0.339. The molecule has 0 bridgehead atoms. The molecule has 2 nitrogen and oxygen atoms in total. The highest BCUT2D eigenvalue weighted by Gasteiger charge is 2.07. The fraction of sp³-hybridized carbons (Fsp3) is 0.368. The molecule has 0 spiro atoms. The first-order valence-corrected chi connectivity index (χ1v) is 7.71. The fourth-order valence-electron chi connectivity index (χ4n) is 2.42. The molecule has 112 valence electrons. The number of rotatable bonds is 7. The van der Waals surface area contributed by atoms with Gasteiger partial charge in [-0.1, -0.05) is 43.3 Å². The van der Waals surface area contributed by atoms with Gasteiger partial charge in [0, 0.05) is 12.6 Å². The van der Waals surface area contributed by atoms with E-state index in [1.165, 1.54) is 16.7 Å². The molecule has 2 aromatic carbocycles. The van der Waals surface area contributed by atoms with Crippen LogP contribution in [0.1, 0.15) is 43.0 Å². The van der Waals surface area contributed by atoms with Crippen molar-refractivity contribution < 1.29 is 4.74 Å². The van der Waals surface area contributed by atoms with Crippen LogP contribution in [0.15, 0.2) is 48.5 Å². The first-order chi connectivity index (χ1) is 10.2. The summed E-state index contributed by atoms with van der Waals surface area (Å²) in [4.78, 5) is 0. The summed E-state index contributed by atoms with van der Waals surface area (Å²) in [6.07, 6.45) is 1.03. The van der Waals surface area contributed by atoms with E-state index in [9.17, 15) is 0 Å². The number of hydrogen-bond acceptors (Lipinski definition) is 2. The quantitative estimate of drug-likeness (QED) is 0.799. The monoisotopic (exact) mass is 283 g/mol. The molecular weight excluding hydrogens is 258 g/mol. The Kier molecular flexibility index (Phi) is 5.82. The third-order valence-corrected chi connectivity index (χ3v) is 3.64. The molecule has 2 rings (SSSR count). The Labute approximate surface area is 128 Å². The van der Waals surface area contributed by atoms with Gasteiger partial charge >= 0.3 is 0 Å². The molecular formula is C19H25NO. The molecule has 0 heterocycles. The highest BCUT2D eigenvalue weighted by atomic mass is 16.5. The van der Waals surface area contributed by atoms with E-state index in [-0.39, 0.29) is 0 Å². The van der Waals surface area contributed by atoms with Gasteiger partial charge in [0.2, 0.25) is 0 Å². The molecule has 1 atom stereocenters. The molecule has 0 saturated carbocycles. The number of aryl methyl sites for hydroxylation is 1. The van der Waals surface area contributed by atoms with E-state index in [1.807, 2.05) is 6.07 Å². The fourth-order valence-corrected chi connectivity index (χ4v) is 2.42. The molecule has 0 aliphatic carbocycles. The maximum Gasteiger partial charge on any atom is 0.119 e. The van der Waals surface area contributed by atoms with E-state index < -0.39 is 0 Å². The third-order valence-electron chi connectivity index (χ3n) is 3.64. The van der Waals surface area contributed by atoms with Gasteiger partial charge in [-0.25, -0.2) is 0 Å². The summed E-state index contributed by atoms with van der Waals surface area (Å²) in [7, 11) is 0. The van der Waals surface area contributed by atoms with Gasteiger partial charge in [0.05, 0.1) is 6.61 Å². The summed E-state index contributed by atoms with van der Waals surface area (Å²) >= 11 is 0. The molecule has 0 aromatic heterocycles. The highest BCUT2D eigenvalue weighted by Crippen LogP contribution is 2.18. The van der Waals surface area contributed by atoms with Crippen molar-refractivity contribution in [3.8, 4) is 5.75 Å². The van der Waals surface area contributed by atoms with Crippen molar-refractivity contribution in [3.05, 3.63) is 65.2 Å². The first-order valence-electron chi connectivity index (χ1n) is 7.71. The predicted octanol–water partition coefficient (Wildman–Crippen LogP) is 4.63. The van der Waals surface area contributed by atoms with Crippen molar-refractivity contribution in [1.29, 1.82) is 0 Å². The zero-order chi connectivity index (χ0) is 15.1. The molecule has 0 saturated heterocycles. The van der Waals surface area contributed by atoms with Crippen molar-refractivity contribution in [2.45, 2.75) is 39.8 Å². The van der Waals surface area contributed by atoms with Crippen molar-refractivity contribution in [3.63, 3.8) is 0 Å². The van der Waals surface area contributed by atoms with Crippen LogP contribution < -0.4 is 10.1 Å². The van der Waals surface area contributed by atoms with Gasteiger partial charge in [-0.3, -0.25) is 0 Å². The Morgan fingerprint density at radius 3 is 2.67 bits per heavy atom. The van der Waals surface area contributed by atoms with Gasteiger partial charge in [0.1, 0.15) is 5.75 Å². The molecule has 2 heteroatoms. The lowest BCUT2D eigenvalue weighted by Crippen LogP contribution is -2.18. The van der Waals surface area contributed by atoms with Crippen LogP contribution in [-0.2, 0) is 6.54 Å². The number of ether oxygens (including phenoxy) is 1. The van der Waals surface area contributed by atoms with Crippen LogP contribution in [0, 0.1) is 6.92 Å². The second-order valence-corrected chi connectivity index (χ2v) is 5.46. The summed E-state index contributed by atoms with van der Waals surface area (Å²) in [5, 5.41) is 3.58. The van der Waals surface area contributed by atoms with Crippen molar-refractivity contribution in [1.82, 2.24) is 5.32 Å². The summed E-state index contributed by atoms with van der Waals surface area (Å²) in [5.41, 5.74) is 3.94. The predicted molar refractivity (Wildman–Crippen MR) is 88.7 cm³/mol. The minimum Gasteiger partial charge on any atom is -0.494 e. The van der Waals surface area contributed by atoms with Crippen LogP contribution in [0.3, 0.4) is 0 Å². The van der Waals surface area contributed by atoms with Gasteiger partial charge in [0.25, 0.3) is 0 Å². The van der Waals surface area contributed by atoms with Gasteiger partial charge in [-0.05, 0) is 49.1 Å². The molecule has 0 fully saturated rings. The standard InChI is InChI=1S/C19H25NO/c1-4-12-21-18-10-7-9-17(13-18)14-20-16(3)19-11-6-5-8-15(19)2/h5-11,13,16,20H,4,12,14H2,1-3H3/t16-/m0/s1. The average molecular weight is 283 g/mol. The van der Waals surface area contributed by atoms with E-state index in [0.29, 0.717) is 6.04 Å². The first kappa shape index (κ1) is 15.6. The molecule has 21 heavy (non-hydrogen) atoms. The van der Waals surface area contributed by atoms with Gasteiger partial charge in [-0.2, -0.15) is 0 Å². The lowest BCUT2D eigenvalue weighted by molar-refractivity contribution is 0.317. The largest absolute Gasteiger partial charge is 0.494 e. The van der Waals surface area contributed by atoms with E-state index in [4.69, 9.17) is 4.74 Å².